The second-order valence-corrected chi connectivity index (χ2v) is 4.05. The van der Waals surface area contributed by atoms with E-state index in [0.29, 0.717) is 11.3 Å². The number of hydrogen-bond donors (Lipinski definition) is 2. The lowest BCUT2D eigenvalue weighted by molar-refractivity contribution is -0.138. The quantitative estimate of drug-likeness (QED) is 0.763. The minimum Gasteiger partial charge on any atom is -0.480 e. The molecule has 0 spiro atoms. The molecule has 98 valence electrons. The fourth-order valence-electron chi connectivity index (χ4n) is 1.45. The fourth-order valence-corrected chi connectivity index (χ4v) is 1.45. The molecule has 18 heavy (non-hydrogen) atoms. The lowest BCUT2D eigenvalue weighted by atomic mass is 10.1. The Morgan fingerprint density at radius 3 is 2.44 bits per heavy atom. The Morgan fingerprint density at radius 1 is 1.39 bits per heavy atom. The Kier molecular flexibility index (Phi) is 3.85. The van der Waals surface area contributed by atoms with Crippen molar-refractivity contribution in [3.63, 3.8) is 0 Å². The maximum Gasteiger partial charge on any atom is 0.325 e. The molecule has 1 atom stereocenters. The van der Waals surface area contributed by atoms with E-state index in [2.05, 4.69) is 10.4 Å². The third kappa shape index (κ3) is 2.55. The number of nitrogens with zero attached hydrogens (tertiary/aromatic N) is 2. The highest BCUT2D eigenvalue weighted by Gasteiger charge is 2.21. The van der Waals surface area contributed by atoms with Gasteiger partial charge in [0.25, 0.3) is 11.5 Å². The van der Waals surface area contributed by atoms with Crippen molar-refractivity contribution < 1.29 is 14.7 Å². The SMILES string of the molecule is Cc1nn(C)c(=O)c(C(=O)N[C@H](C)C(=O)O)c1C. The average molecular weight is 253 g/mol. The van der Waals surface area contributed by atoms with Gasteiger partial charge in [-0.25, -0.2) is 4.68 Å². The molecule has 0 fully saturated rings. The molecule has 0 saturated carbocycles. The van der Waals surface area contributed by atoms with E-state index in [9.17, 15) is 14.4 Å². The molecule has 1 aromatic rings. The zero-order valence-electron chi connectivity index (χ0n) is 10.6. The van der Waals surface area contributed by atoms with Gasteiger partial charge in [-0.1, -0.05) is 0 Å². The molecule has 7 nitrogen and oxygen atoms in total. The van der Waals surface area contributed by atoms with Crippen molar-refractivity contribution in [1.29, 1.82) is 0 Å². The Hall–Kier alpha value is -2.18. The molecule has 2 N–H and O–H groups in total. The van der Waals surface area contributed by atoms with Gasteiger partial charge in [-0.3, -0.25) is 14.4 Å². The van der Waals surface area contributed by atoms with Crippen molar-refractivity contribution in [2.45, 2.75) is 26.8 Å². The lowest BCUT2D eigenvalue weighted by Crippen LogP contribution is -2.42. The summed E-state index contributed by atoms with van der Waals surface area (Å²) in [5.74, 6) is -1.86. The molecule has 7 heteroatoms. The second kappa shape index (κ2) is 4.99. The molecule has 0 aliphatic carbocycles. The van der Waals surface area contributed by atoms with Crippen LogP contribution in [0.3, 0.4) is 0 Å². The van der Waals surface area contributed by atoms with Gasteiger partial charge in [-0.05, 0) is 26.3 Å². The normalized spacial score (nSPS) is 12.0. The molecule has 0 unspecified atom stereocenters. The summed E-state index contributed by atoms with van der Waals surface area (Å²) in [5.41, 5.74) is 0.379. The highest BCUT2D eigenvalue weighted by atomic mass is 16.4. The van der Waals surface area contributed by atoms with E-state index in [4.69, 9.17) is 5.11 Å². The third-order valence-corrected chi connectivity index (χ3v) is 2.67. The number of rotatable bonds is 3. The van der Waals surface area contributed by atoms with Crippen LogP contribution in [0.15, 0.2) is 4.79 Å². The number of nitrogens with one attached hydrogen (secondary N) is 1. The smallest absolute Gasteiger partial charge is 0.325 e. The maximum atomic E-state index is 11.9. The third-order valence-electron chi connectivity index (χ3n) is 2.67. The Morgan fingerprint density at radius 2 is 1.94 bits per heavy atom. The summed E-state index contributed by atoms with van der Waals surface area (Å²) in [4.78, 5) is 34.4. The highest BCUT2D eigenvalue weighted by molar-refractivity contribution is 5.97. The van der Waals surface area contributed by atoms with E-state index in [1.54, 1.807) is 13.8 Å². The van der Waals surface area contributed by atoms with E-state index < -0.39 is 23.5 Å². The van der Waals surface area contributed by atoms with Crippen LogP contribution in [0.2, 0.25) is 0 Å². The summed E-state index contributed by atoms with van der Waals surface area (Å²) in [7, 11) is 1.44. The summed E-state index contributed by atoms with van der Waals surface area (Å²) in [6.07, 6.45) is 0. The fraction of sp³-hybridized carbons (Fsp3) is 0.455. The lowest BCUT2D eigenvalue weighted by Gasteiger charge is -2.12. The molecule has 0 radical (unpaired) electrons. The van der Waals surface area contributed by atoms with Gasteiger partial charge in [0, 0.05) is 7.05 Å². The van der Waals surface area contributed by atoms with Gasteiger partial charge >= 0.3 is 5.97 Å². The predicted octanol–water partition coefficient (Wildman–Crippen LogP) is -0.400. The zero-order valence-corrected chi connectivity index (χ0v) is 10.6. The van der Waals surface area contributed by atoms with Gasteiger partial charge in [0.1, 0.15) is 11.6 Å². The molecule has 1 heterocycles. The van der Waals surface area contributed by atoms with E-state index >= 15 is 0 Å². The molecule has 0 aromatic carbocycles. The van der Waals surface area contributed by atoms with Gasteiger partial charge in [-0.15, -0.1) is 0 Å². The van der Waals surface area contributed by atoms with Gasteiger partial charge in [-0.2, -0.15) is 5.10 Å². The topological polar surface area (TPSA) is 101 Å². The molecule has 1 aromatic heterocycles. The number of aliphatic carboxylic acids is 1. The Bertz CT molecular complexity index is 562. The molecular weight excluding hydrogens is 238 g/mol. The first-order chi connectivity index (χ1) is 8.25. The summed E-state index contributed by atoms with van der Waals surface area (Å²) >= 11 is 0. The van der Waals surface area contributed by atoms with Crippen molar-refractivity contribution in [3.05, 3.63) is 27.2 Å². The largest absolute Gasteiger partial charge is 0.480 e. The molecule has 1 rings (SSSR count). The second-order valence-electron chi connectivity index (χ2n) is 4.05. The number of carbonyl (C=O) groups is 2. The predicted molar refractivity (Wildman–Crippen MR) is 63.5 cm³/mol. The minimum atomic E-state index is -1.16. The van der Waals surface area contributed by atoms with Crippen molar-refractivity contribution in [2.75, 3.05) is 0 Å². The monoisotopic (exact) mass is 253 g/mol. The van der Waals surface area contributed by atoms with E-state index in [1.807, 2.05) is 0 Å². The van der Waals surface area contributed by atoms with Crippen LogP contribution in [-0.4, -0.2) is 32.8 Å². The van der Waals surface area contributed by atoms with Crippen LogP contribution >= 0.6 is 0 Å². The maximum absolute atomic E-state index is 11.9. The van der Waals surface area contributed by atoms with Crippen LogP contribution in [0.4, 0.5) is 0 Å². The number of carboxylic acid groups (broad SMARTS) is 1. The highest BCUT2D eigenvalue weighted by Crippen LogP contribution is 2.06. The van der Waals surface area contributed by atoms with Gasteiger partial charge in [0.05, 0.1) is 5.69 Å². The first-order valence-electron chi connectivity index (χ1n) is 5.34. The molecule has 0 aliphatic heterocycles. The number of aromatic nitrogens is 2. The standard InChI is InChI=1S/C11H15N3O4/c1-5-6(2)13-14(4)10(16)8(5)9(15)12-7(3)11(17)18/h7H,1-4H3,(H,12,15)(H,17,18)/t7-/m1/s1. The van der Waals surface area contributed by atoms with E-state index in [1.165, 1.54) is 14.0 Å². The van der Waals surface area contributed by atoms with Gasteiger partial charge < -0.3 is 10.4 Å². The minimum absolute atomic E-state index is 0.0712. The summed E-state index contributed by atoms with van der Waals surface area (Å²) in [6.45, 7) is 4.60. The number of carbonyl (C=O) groups excluding carboxylic acids is 1. The first kappa shape index (κ1) is 13.9. The average Bonchev–Trinajstić information content (AvgIpc) is 2.26. The molecule has 0 bridgehead atoms. The number of amides is 1. The van der Waals surface area contributed by atoms with Gasteiger partial charge in [0.15, 0.2) is 0 Å². The van der Waals surface area contributed by atoms with Crippen molar-refractivity contribution in [2.24, 2.45) is 7.05 Å². The molecule has 1 amide bonds. The molecule has 0 saturated heterocycles. The van der Waals surface area contributed by atoms with Crippen LogP contribution in [0.1, 0.15) is 28.5 Å². The van der Waals surface area contributed by atoms with E-state index in [-0.39, 0.29) is 5.56 Å². The molecule has 0 aliphatic rings. The van der Waals surface area contributed by atoms with Crippen molar-refractivity contribution >= 4 is 11.9 Å². The van der Waals surface area contributed by atoms with Crippen molar-refractivity contribution in [3.8, 4) is 0 Å². The number of carboxylic acids is 1. The van der Waals surface area contributed by atoms with Crippen LogP contribution in [0.25, 0.3) is 0 Å². The van der Waals surface area contributed by atoms with Crippen LogP contribution in [0, 0.1) is 13.8 Å². The summed E-state index contributed by atoms with van der Waals surface area (Å²) < 4.78 is 1.06. The first-order valence-corrected chi connectivity index (χ1v) is 5.34. The van der Waals surface area contributed by atoms with Crippen LogP contribution in [0.5, 0.6) is 0 Å². The van der Waals surface area contributed by atoms with Crippen LogP contribution < -0.4 is 10.9 Å². The summed E-state index contributed by atoms with van der Waals surface area (Å²) in [6, 6.07) is -1.06. The summed E-state index contributed by atoms with van der Waals surface area (Å²) in [5, 5.41) is 14.9. The molecular formula is C11H15N3O4. The van der Waals surface area contributed by atoms with E-state index in [0.717, 1.165) is 4.68 Å². The van der Waals surface area contributed by atoms with Gasteiger partial charge in [0.2, 0.25) is 0 Å². The zero-order chi connectivity index (χ0) is 14.0. The number of hydrogen-bond acceptors (Lipinski definition) is 4. The van der Waals surface area contributed by atoms with Crippen LogP contribution in [-0.2, 0) is 11.8 Å². The Balaban J connectivity index is 3.22. The Labute approximate surface area is 103 Å². The van der Waals surface area contributed by atoms with Crippen molar-refractivity contribution in [1.82, 2.24) is 15.1 Å². The number of aryl methyl sites for hydroxylation is 2.